The second-order valence-corrected chi connectivity index (χ2v) is 7.22. The van der Waals surface area contributed by atoms with E-state index in [4.69, 9.17) is 4.74 Å². The Morgan fingerprint density at radius 3 is 2.53 bits per heavy atom. The van der Waals surface area contributed by atoms with Crippen LogP contribution in [0.5, 0.6) is 5.75 Å². The Kier molecular flexibility index (Phi) is 6.53. The predicted molar refractivity (Wildman–Crippen MR) is 108 cm³/mol. The zero-order valence-electron chi connectivity index (χ0n) is 16.4. The highest BCUT2D eigenvalue weighted by Gasteiger charge is 2.26. The maximum Gasteiger partial charge on any atom is 0.342 e. The van der Waals surface area contributed by atoms with Crippen molar-refractivity contribution >= 4 is 29.5 Å². The predicted octanol–water partition coefficient (Wildman–Crippen LogP) is 1.12. The summed E-state index contributed by atoms with van der Waals surface area (Å²) in [7, 11) is 0. The summed E-state index contributed by atoms with van der Waals surface area (Å²) in [5, 5.41) is 33.2. The van der Waals surface area contributed by atoms with E-state index in [1.54, 1.807) is 13.0 Å². The molecule has 3 atom stereocenters. The number of urea groups is 1. The minimum absolute atomic E-state index is 0.0686. The number of ether oxygens (including phenoxy) is 1. The molecule has 3 rings (SSSR count). The number of anilines is 1. The highest BCUT2D eigenvalue weighted by Crippen LogP contribution is 2.32. The first kappa shape index (κ1) is 21.5. The molecule has 0 saturated carbocycles. The molecule has 0 bridgehead atoms. The van der Waals surface area contributed by atoms with E-state index in [0.29, 0.717) is 18.8 Å². The van der Waals surface area contributed by atoms with Crippen molar-refractivity contribution in [3.8, 4) is 5.75 Å². The van der Waals surface area contributed by atoms with E-state index in [1.807, 2.05) is 0 Å². The van der Waals surface area contributed by atoms with Crippen LogP contribution in [0.2, 0.25) is 0 Å². The summed E-state index contributed by atoms with van der Waals surface area (Å²) in [4.78, 5) is 38.0. The standard InChI is InChI=1S/C21H24N2O7/c1-12-4-2-6-15(24)19(27)16(25)7-3-5-13-10-14(23-9-8-22-21(23)29)11-17(26)18(13)20(28)30-12/h2-3,5-6,10-12,16,19,25-27H,4,7-9H2,1H3,(H,22,29)/b5-3+,6-2-/t12-,16-,19+/m0/s1. The van der Waals surface area contributed by atoms with Gasteiger partial charge in [-0.3, -0.25) is 9.69 Å². The Balaban J connectivity index is 2.02. The van der Waals surface area contributed by atoms with E-state index in [2.05, 4.69) is 5.32 Å². The molecule has 4 N–H and O–H groups in total. The van der Waals surface area contributed by atoms with Crippen LogP contribution < -0.4 is 10.2 Å². The highest BCUT2D eigenvalue weighted by molar-refractivity contribution is 6.00. The third-order valence-corrected chi connectivity index (χ3v) is 4.89. The van der Waals surface area contributed by atoms with Crippen LogP contribution in [0, 0.1) is 0 Å². The van der Waals surface area contributed by atoms with Crippen molar-refractivity contribution in [1.82, 2.24) is 5.32 Å². The number of esters is 1. The largest absolute Gasteiger partial charge is 0.507 e. The van der Waals surface area contributed by atoms with Gasteiger partial charge in [-0.15, -0.1) is 0 Å². The lowest BCUT2D eigenvalue weighted by atomic mass is 10.0. The fourth-order valence-electron chi connectivity index (χ4n) is 3.28. The third kappa shape index (κ3) is 4.69. The molecule has 0 unspecified atom stereocenters. The Labute approximate surface area is 173 Å². The van der Waals surface area contributed by atoms with Crippen molar-refractivity contribution in [3.63, 3.8) is 0 Å². The number of carbonyl (C=O) groups is 3. The van der Waals surface area contributed by atoms with Gasteiger partial charge in [0, 0.05) is 31.3 Å². The van der Waals surface area contributed by atoms with Gasteiger partial charge < -0.3 is 25.4 Å². The lowest BCUT2D eigenvalue weighted by Gasteiger charge is -2.19. The molecule has 1 saturated heterocycles. The van der Waals surface area contributed by atoms with E-state index < -0.39 is 30.1 Å². The summed E-state index contributed by atoms with van der Waals surface area (Å²) in [6.07, 6.45) is 2.15. The molecule has 0 radical (unpaired) electrons. The van der Waals surface area contributed by atoms with Crippen LogP contribution in [-0.4, -0.2) is 64.5 Å². The number of nitrogens with zero attached hydrogens (tertiary/aromatic N) is 1. The van der Waals surface area contributed by atoms with Crippen molar-refractivity contribution < 1.29 is 34.4 Å². The van der Waals surface area contributed by atoms with Gasteiger partial charge in [-0.1, -0.05) is 18.2 Å². The molecule has 1 fully saturated rings. The first-order chi connectivity index (χ1) is 14.3. The summed E-state index contributed by atoms with van der Waals surface area (Å²) >= 11 is 0. The van der Waals surface area contributed by atoms with Crippen molar-refractivity contribution in [3.05, 3.63) is 41.5 Å². The quantitative estimate of drug-likeness (QED) is 0.504. The Hall–Kier alpha value is -3.17. The van der Waals surface area contributed by atoms with Gasteiger partial charge in [-0.2, -0.15) is 0 Å². The fourth-order valence-corrected chi connectivity index (χ4v) is 3.28. The van der Waals surface area contributed by atoms with Crippen LogP contribution in [0.25, 0.3) is 6.08 Å². The normalized spacial score (nSPS) is 27.6. The number of cyclic esters (lactones) is 1. The number of aromatic hydroxyl groups is 1. The molecule has 1 aromatic rings. The van der Waals surface area contributed by atoms with E-state index in [1.165, 1.54) is 29.2 Å². The average molecular weight is 416 g/mol. The zero-order valence-corrected chi connectivity index (χ0v) is 16.4. The number of nitrogens with one attached hydrogen (secondary N) is 1. The van der Waals surface area contributed by atoms with Gasteiger partial charge in [0.05, 0.1) is 6.10 Å². The number of hydrogen-bond acceptors (Lipinski definition) is 7. The summed E-state index contributed by atoms with van der Waals surface area (Å²) in [5.74, 6) is -1.75. The second-order valence-electron chi connectivity index (χ2n) is 7.22. The number of amides is 2. The number of benzene rings is 1. The first-order valence-electron chi connectivity index (χ1n) is 9.64. The smallest absolute Gasteiger partial charge is 0.342 e. The number of phenolic OH excluding ortho intramolecular Hbond substituents is 1. The lowest BCUT2D eigenvalue weighted by molar-refractivity contribution is -0.127. The fraction of sp³-hybridized carbons (Fsp3) is 0.381. The number of carbonyl (C=O) groups excluding carboxylic acids is 3. The van der Waals surface area contributed by atoms with E-state index >= 15 is 0 Å². The summed E-state index contributed by atoms with van der Waals surface area (Å²) in [6.45, 7) is 2.48. The molecule has 2 heterocycles. The Bertz CT molecular complexity index is 909. The SMILES string of the molecule is C[C@H]1C/C=C\C(=O)[C@@H](O)[C@@H](O)C/C=C/c2cc(N3CCNC3=O)cc(O)c2C(=O)O1. The van der Waals surface area contributed by atoms with Gasteiger partial charge in [0.15, 0.2) is 5.78 Å². The number of ketones is 1. The van der Waals surface area contributed by atoms with Gasteiger partial charge in [0.2, 0.25) is 0 Å². The Morgan fingerprint density at radius 1 is 1.10 bits per heavy atom. The highest BCUT2D eigenvalue weighted by atomic mass is 16.5. The summed E-state index contributed by atoms with van der Waals surface area (Å²) in [5.41, 5.74) is 0.600. The van der Waals surface area contributed by atoms with Crippen molar-refractivity contribution in [1.29, 1.82) is 0 Å². The minimum Gasteiger partial charge on any atom is -0.507 e. The van der Waals surface area contributed by atoms with Gasteiger partial charge in [-0.25, -0.2) is 9.59 Å². The molecule has 0 aromatic heterocycles. The topological polar surface area (TPSA) is 136 Å². The lowest BCUT2D eigenvalue weighted by Crippen LogP contribution is -2.32. The summed E-state index contributed by atoms with van der Waals surface area (Å²) in [6, 6.07) is 2.56. The van der Waals surface area contributed by atoms with Crippen LogP contribution in [0.1, 0.15) is 35.7 Å². The first-order valence-corrected chi connectivity index (χ1v) is 9.64. The van der Waals surface area contributed by atoms with Crippen LogP contribution in [0.15, 0.2) is 30.4 Å². The molecule has 2 amide bonds. The number of hydrogen-bond donors (Lipinski definition) is 4. The molecule has 9 heteroatoms. The maximum absolute atomic E-state index is 12.7. The van der Waals surface area contributed by atoms with Crippen molar-refractivity contribution in [2.75, 3.05) is 18.0 Å². The molecule has 0 aliphatic carbocycles. The van der Waals surface area contributed by atoms with E-state index in [9.17, 15) is 29.7 Å². The number of rotatable bonds is 1. The number of aliphatic hydroxyl groups excluding tert-OH is 2. The molecule has 1 aromatic carbocycles. The van der Waals surface area contributed by atoms with Crippen LogP contribution in [0.4, 0.5) is 10.5 Å². The molecular weight excluding hydrogens is 392 g/mol. The molecule has 160 valence electrons. The van der Waals surface area contributed by atoms with Gasteiger partial charge >= 0.3 is 12.0 Å². The average Bonchev–Trinajstić information content (AvgIpc) is 3.11. The second kappa shape index (κ2) is 9.10. The van der Waals surface area contributed by atoms with Crippen LogP contribution >= 0.6 is 0 Å². The molecule has 9 nitrogen and oxygen atoms in total. The zero-order chi connectivity index (χ0) is 21.8. The number of fused-ring (bicyclic) bond motifs is 1. The van der Waals surface area contributed by atoms with Gasteiger partial charge in [0.1, 0.15) is 23.5 Å². The number of aliphatic hydroxyl groups is 2. The van der Waals surface area contributed by atoms with Crippen LogP contribution in [-0.2, 0) is 9.53 Å². The Morgan fingerprint density at radius 2 is 1.83 bits per heavy atom. The molecule has 30 heavy (non-hydrogen) atoms. The van der Waals surface area contributed by atoms with E-state index in [-0.39, 0.29) is 35.7 Å². The molecule has 2 aliphatic rings. The van der Waals surface area contributed by atoms with Crippen LogP contribution in [0.3, 0.4) is 0 Å². The third-order valence-electron chi connectivity index (χ3n) is 4.89. The monoisotopic (exact) mass is 416 g/mol. The van der Waals surface area contributed by atoms with E-state index in [0.717, 1.165) is 6.08 Å². The summed E-state index contributed by atoms with van der Waals surface area (Å²) < 4.78 is 5.37. The van der Waals surface area contributed by atoms with Crippen molar-refractivity contribution in [2.45, 2.75) is 38.1 Å². The number of phenols is 1. The molecule has 0 spiro atoms. The molecule has 2 aliphatic heterocycles. The van der Waals surface area contributed by atoms with Gasteiger partial charge in [0.25, 0.3) is 0 Å². The maximum atomic E-state index is 12.7. The minimum atomic E-state index is -1.58. The van der Waals surface area contributed by atoms with Crippen molar-refractivity contribution in [2.24, 2.45) is 0 Å². The molecular formula is C21H24N2O7. The van der Waals surface area contributed by atoms with Gasteiger partial charge in [-0.05, 0) is 31.1 Å².